The highest BCUT2D eigenvalue weighted by Gasteiger charge is 2.21. The lowest BCUT2D eigenvalue weighted by Crippen LogP contribution is -2.38. The minimum atomic E-state index is 0.259. The predicted octanol–water partition coefficient (Wildman–Crippen LogP) is 3.92. The number of piperidine rings is 1. The van der Waals surface area contributed by atoms with E-state index in [0.29, 0.717) is 11.7 Å². The molecule has 0 saturated carbocycles. The zero-order valence-electron chi connectivity index (χ0n) is 16.3. The molecule has 0 bridgehead atoms. The summed E-state index contributed by atoms with van der Waals surface area (Å²) in [7, 11) is 0. The molecule has 1 aliphatic heterocycles. The second-order valence-corrected chi connectivity index (χ2v) is 7.26. The highest BCUT2D eigenvalue weighted by Crippen LogP contribution is 2.19. The molecule has 3 heterocycles. The number of likely N-dealkylation sites (tertiary alicyclic amines) is 1. The molecular formula is C22H26N4O2. The van der Waals surface area contributed by atoms with Crippen LogP contribution in [0.3, 0.4) is 0 Å². The van der Waals surface area contributed by atoms with Gasteiger partial charge in [-0.2, -0.15) is 4.98 Å². The van der Waals surface area contributed by atoms with Crippen LogP contribution in [0.5, 0.6) is 5.88 Å². The maximum Gasteiger partial charge on any atom is 0.227 e. The third-order valence-corrected chi connectivity index (χ3v) is 5.05. The van der Waals surface area contributed by atoms with Gasteiger partial charge in [-0.25, -0.2) is 4.98 Å². The van der Waals surface area contributed by atoms with Crippen molar-refractivity contribution in [3.63, 3.8) is 0 Å². The van der Waals surface area contributed by atoms with Crippen LogP contribution >= 0.6 is 0 Å². The van der Waals surface area contributed by atoms with Gasteiger partial charge in [0.05, 0.1) is 0 Å². The van der Waals surface area contributed by atoms with E-state index >= 15 is 0 Å². The van der Waals surface area contributed by atoms with Crippen molar-refractivity contribution in [3.05, 3.63) is 60.1 Å². The number of pyridine rings is 1. The highest BCUT2D eigenvalue weighted by atomic mass is 16.5. The fourth-order valence-corrected chi connectivity index (χ4v) is 3.52. The van der Waals surface area contributed by atoms with Gasteiger partial charge in [-0.15, -0.1) is 0 Å². The van der Waals surface area contributed by atoms with E-state index < -0.39 is 0 Å². The monoisotopic (exact) mass is 378 g/mol. The van der Waals surface area contributed by atoms with Crippen molar-refractivity contribution in [1.29, 1.82) is 0 Å². The van der Waals surface area contributed by atoms with Crippen molar-refractivity contribution in [2.45, 2.75) is 38.7 Å². The second kappa shape index (κ2) is 8.97. The largest absolute Gasteiger partial charge is 0.474 e. The fourth-order valence-electron chi connectivity index (χ4n) is 3.52. The van der Waals surface area contributed by atoms with Gasteiger partial charge >= 0.3 is 0 Å². The van der Waals surface area contributed by atoms with Crippen LogP contribution in [-0.4, -0.2) is 45.8 Å². The van der Waals surface area contributed by atoms with Crippen molar-refractivity contribution in [2.75, 3.05) is 19.6 Å². The topological polar surface area (TPSA) is 64.3 Å². The van der Waals surface area contributed by atoms with Gasteiger partial charge in [-0.1, -0.05) is 41.6 Å². The normalized spacial score (nSPS) is 15.6. The number of hydrogen-bond donors (Lipinski definition) is 0. The van der Waals surface area contributed by atoms with Crippen LogP contribution in [0.2, 0.25) is 0 Å². The summed E-state index contributed by atoms with van der Waals surface area (Å²) in [5, 5.41) is 4.09. The van der Waals surface area contributed by atoms with Crippen molar-refractivity contribution in [3.8, 4) is 17.3 Å². The average molecular weight is 378 g/mol. The summed E-state index contributed by atoms with van der Waals surface area (Å²) in [6.45, 7) is 5.13. The van der Waals surface area contributed by atoms with E-state index in [1.165, 1.54) is 0 Å². The summed E-state index contributed by atoms with van der Waals surface area (Å²) in [4.78, 5) is 11.4. The minimum absolute atomic E-state index is 0.259. The molecule has 0 amide bonds. The lowest BCUT2D eigenvalue weighted by molar-refractivity contribution is 0.0958. The maximum atomic E-state index is 6.03. The van der Waals surface area contributed by atoms with Gasteiger partial charge in [0.1, 0.15) is 6.10 Å². The first-order chi connectivity index (χ1) is 13.8. The van der Waals surface area contributed by atoms with Crippen molar-refractivity contribution in [2.24, 2.45) is 0 Å². The maximum absolute atomic E-state index is 6.03. The standard InChI is InChI=1S/C22H26N4O2/c1-17-7-5-10-20(23-17)27-19-12-15-26(16-13-19)14-6-11-21-24-22(25-28-21)18-8-3-2-4-9-18/h2-5,7-10,19H,6,11-16H2,1H3. The molecule has 0 atom stereocenters. The van der Waals surface area contributed by atoms with Gasteiger partial charge in [-0.05, 0) is 38.8 Å². The Labute approximate surface area is 165 Å². The van der Waals surface area contributed by atoms with Crippen LogP contribution < -0.4 is 4.74 Å². The number of rotatable bonds is 7. The Morgan fingerprint density at radius 2 is 1.86 bits per heavy atom. The van der Waals surface area contributed by atoms with Gasteiger partial charge in [-0.3, -0.25) is 0 Å². The second-order valence-electron chi connectivity index (χ2n) is 7.26. The molecule has 1 aliphatic rings. The van der Waals surface area contributed by atoms with E-state index in [-0.39, 0.29) is 6.10 Å². The summed E-state index contributed by atoms with van der Waals surface area (Å²) in [6.07, 6.45) is 4.16. The first-order valence-corrected chi connectivity index (χ1v) is 9.97. The summed E-state index contributed by atoms with van der Waals surface area (Å²) >= 11 is 0. The molecular weight excluding hydrogens is 352 g/mol. The van der Waals surface area contributed by atoms with Gasteiger partial charge < -0.3 is 14.2 Å². The molecule has 0 aliphatic carbocycles. The van der Waals surface area contributed by atoms with Crippen LogP contribution in [0.4, 0.5) is 0 Å². The number of aryl methyl sites for hydroxylation is 2. The fraction of sp³-hybridized carbons (Fsp3) is 0.409. The molecule has 4 rings (SSSR count). The Morgan fingerprint density at radius 1 is 1.04 bits per heavy atom. The van der Waals surface area contributed by atoms with Gasteiger partial charge in [0, 0.05) is 36.8 Å². The van der Waals surface area contributed by atoms with E-state index in [2.05, 4.69) is 20.0 Å². The Balaban J connectivity index is 1.18. The molecule has 6 heteroatoms. The van der Waals surface area contributed by atoms with E-state index in [4.69, 9.17) is 9.26 Å². The molecule has 1 saturated heterocycles. The number of ether oxygens (including phenoxy) is 1. The zero-order chi connectivity index (χ0) is 19.2. The summed E-state index contributed by atoms with van der Waals surface area (Å²) in [5.41, 5.74) is 1.98. The molecule has 0 N–H and O–H groups in total. The molecule has 28 heavy (non-hydrogen) atoms. The average Bonchev–Trinajstić information content (AvgIpc) is 3.19. The smallest absolute Gasteiger partial charge is 0.227 e. The van der Waals surface area contributed by atoms with Crippen molar-refractivity contribution >= 4 is 0 Å². The molecule has 3 aromatic rings. The molecule has 0 spiro atoms. The summed E-state index contributed by atoms with van der Waals surface area (Å²) < 4.78 is 11.4. The molecule has 1 fully saturated rings. The minimum Gasteiger partial charge on any atom is -0.474 e. The van der Waals surface area contributed by atoms with Crippen molar-refractivity contribution in [1.82, 2.24) is 20.0 Å². The third-order valence-electron chi connectivity index (χ3n) is 5.05. The Bertz CT molecular complexity index is 873. The van der Waals surface area contributed by atoms with Gasteiger partial charge in [0.2, 0.25) is 17.6 Å². The van der Waals surface area contributed by atoms with Crippen LogP contribution in [-0.2, 0) is 6.42 Å². The van der Waals surface area contributed by atoms with Gasteiger partial charge in [0.15, 0.2) is 0 Å². The van der Waals surface area contributed by atoms with E-state index in [9.17, 15) is 0 Å². The molecule has 146 valence electrons. The van der Waals surface area contributed by atoms with Crippen molar-refractivity contribution < 1.29 is 9.26 Å². The summed E-state index contributed by atoms with van der Waals surface area (Å²) in [5.74, 6) is 2.12. The SMILES string of the molecule is Cc1cccc(OC2CCN(CCCc3nc(-c4ccccc4)no3)CC2)n1. The predicted molar refractivity (Wildman–Crippen MR) is 107 cm³/mol. The Kier molecular flexibility index (Phi) is 5.97. The molecule has 2 aromatic heterocycles. The first-order valence-electron chi connectivity index (χ1n) is 9.97. The zero-order valence-corrected chi connectivity index (χ0v) is 16.3. The molecule has 1 aromatic carbocycles. The molecule has 0 unspecified atom stereocenters. The Morgan fingerprint density at radius 3 is 2.64 bits per heavy atom. The van der Waals surface area contributed by atoms with E-state index in [1.807, 2.05) is 55.5 Å². The van der Waals surface area contributed by atoms with Crippen LogP contribution in [0, 0.1) is 6.92 Å². The van der Waals surface area contributed by atoms with Gasteiger partial charge in [0.25, 0.3) is 0 Å². The lowest BCUT2D eigenvalue weighted by atomic mass is 10.1. The van der Waals surface area contributed by atoms with Crippen LogP contribution in [0.25, 0.3) is 11.4 Å². The lowest BCUT2D eigenvalue weighted by Gasteiger charge is -2.31. The number of aromatic nitrogens is 3. The number of hydrogen-bond acceptors (Lipinski definition) is 6. The quantitative estimate of drug-likeness (QED) is 0.621. The summed E-state index contributed by atoms with van der Waals surface area (Å²) in [6, 6.07) is 15.8. The van der Waals surface area contributed by atoms with E-state index in [1.54, 1.807) is 0 Å². The highest BCUT2D eigenvalue weighted by molar-refractivity contribution is 5.53. The molecule has 6 nitrogen and oxygen atoms in total. The van der Waals surface area contributed by atoms with Crippen LogP contribution in [0.1, 0.15) is 30.8 Å². The number of benzene rings is 1. The third kappa shape index (κ3) is 4.95. The number of nitrogens with zero attached hydrogens (tertiary/aromatic N) is 4. The van der Waals surface area contributed by atoms with Crippen LogP contribution in [0.15, 0.2) is 53.1 Å². The Hall–Kier alpha value is -2.73. The van der Waals surface area contributed by atoms with E-state index in [0.717, 1.165) is 62.5 Å². The first kappa shape index (κ1) is 18.6. The molecule has 0 radical (unpaired) electrons.